The molecule has 0 aliphatic heterocycles. The minimum atomic E-state index is 1.12. The van der Waals surface area contributed by atoms with E-state index in [0.29, 0.717) is 0 Å². The standard InChI is InChI=1S/C28H56N/c1-5-9-11-13-14-15-16-17-18-19-20-21-22-23-24-26-28-29(7-3,8-4)27-25-12-10-6-2/h14-15,17-18H,5-13,16,19-28H2,1-4H3/q+1. The average Bonchev–Trinajstić information content (AvgIpc) is 2.75. The van der Waals surface area contributed by atoms with Gasteiger partial charge in [0, 0.05) is 0 Å². The summed E-state index contributed by atoms with van der Waals surface area (Å²) in [6.07, 6.45) is 31.3. The summed E-state index contributed by atoms with van der Waals surface area (Å²) >= 11 is 0. The molecular formula is C28H56N+. The minimum absolute atomic E-state index is 1.12. The summed E-state index contributed by atoms with van der Waals surface area (Å²) in [4.78, 5) is 0. The van der Waals surface area contributed by atoms with Gasteiger partial charge in [0.25, 0.3) is 0 Å². The Morgan fingerprint density at radius 2 is 0.862 bits per heavy atom. The highest BCUT2D eigenvalue weighted by atomic mass is 15.3. The van der Waals surface area contributed by atoms with Crippen molar-refractivity contribution in [2.75, 3.05) is 26.2 Å². The summed E-state index contributed by atoms with van der Waals surface area (Å²) in [6, 6.07) is 0. The van der Waals surface area contributed by atoms with Crippen LogP contribution in [-0.4, -0.2) is 30.7 Å². The van der Waals surface area contributed by atoms with Gasteiger partial charge in [-0.2, -0.15) is 0 Å². The molecule has 0 rings (SSSR count). The van der Waals surface area contributed by atoms with E-state index < -0.39 is 0 Å². The van der Waals surface area contributed by atoms with Crippen molar-refractivity contribution >= 4 is 0 Å². The number of quaternary nitrogens is 1. The summed E-state index contributed by atoms with van der Waals surface area (Å²) in [5, 5.41) is 0. The predicted molar refractivity (Wildman–Crippen MR) is 135 cm³/mol. The molecule has 0 bridgehead atoms. The van der Waals surface area contributed by atoms with Gasteiger partial charge in [-0.15, -0.1) is 0 Å². The summed E-state index contributed by atoms with van der Waals surface area (Å²) < 4.78 is 1.36. The summed E-state index contributed by atoms with van der Waals surface area (Å²) in [7, 11) is 0. The lowest BCUT2D eigenvalue weighted by atomic mass is 10.1. The molecule has 0 radical (unpaired) electrons. The van der Waals surface area contributed by atoms with E-state index in [4.69, 9.17) is 0 Å². The molecule has 0 fully saturated rings. The average molecular weight is 407 g/mol. The first-order valence-electron chi connectivity index (χ1n) is 13.4. The molecule has 0 N–H and O–H groups in total. The molecule has 0 spiro atoms. The Bertz CT molecular complexity index is 365. The van der Waals surface area contributed by atoms with Crippen LogP contribution < -0.4 is 0 Å². The Kier molecular flexibility index (Phi) is 21.7. The minimum Gasteiger partial charge on any atom is -0.324 e. The first-order chi connectivity index (χ1) is 14.2. The number of rotatable bonds is 22. The quantitative estimate of drug-likeness (QED) is 0.0954. The van der Waals surface area contributed by atoms with Crippen molar-refractivity contribution in [3.8, 4) is 0 Å². The lowest BCUT2D eigenvalue weighted by Crippen LogP contribution is -2.49. The molecule has 29 heavy (non-hydrogen) atoms. The Labute approximate surface area is 185 Å². The topological polar surface area (TPSA) is 0 Å². The Morgan fingerprint density at radius 1 is 0.448 bits per heavy atom. The second-order valence-electron chi connectivity index (χ2n) is 9.07. The number of allylic oxidation sites excluding steroid dienone is 4. The number of nitrogens with zero attached hydrogens (tertiary/aromatic N) is 1. The van der Waals surface area contributed by atoms with Crippen LogP contribution in [0.15, 0.2) is 24.3 Å². The third kappa shape index (κ3) is 18.0. The lowest BCUT2D eigenvalue weighted by molar-refractivity contribution is -0.925. The first kappa shape index (κ1) is 28.4. The maximum absolute atomic E-state index is 2.40. The van der Waals surface area contributed by atoms with Crippen LogP contribution in [0, 0.1) is 0 Å². The van der Waals surface area contributed by atoms with Crippen LogP contribution in [-0.2, 0) is 0 Å². The molecule has 0 saturated carbocycles. The van der Waals surface area contributed by atoms with Crippen LogP contribution in [0.1, 0.15) is 130 Å². The van der Waals surface area contributed by atoms with Gasteiger partial charge in [0.2, 0.25) is 0 Å². The van der Waals surface area contributed by atoms with Crippen LogP contribution >= 0.6 is 0 Å². The van der Waals surface area contributed by atoms with Crippen molar-refractivity contribution in [2.24, 2.45) is 0 Å². The van der Waals surface area contributed by atoms with Crippen LogP contribution in [0.4, 0.5) is 0 Å². The molecule has 0 unspecified atom stereocenters. The van der Waals surface area contributed by atoms with Crippen molar-refractivity contribution in [1.82, 2.24) is 0 Å². The smallest absolute Gasteiger partial charge is 0.0786 e. The van der Waals surface area contributed by atoms with Gasteiger partial charge in [-0.3, -0.25) is 0 Å². The zero-order valence-electron chi connectivity index (χ0n) is 20.9. The molecule has 0 amide bonds. The molecule has 0 aromatic rings. The maximum Gasteiger partial charge on any atom is 0.0786 e. The van der Waals surface area contributed by atoms with Gasteiger partial charge >= 0.3 is 0 Å². The van der Waals surface area contributed by atoms with Gasteiger partial charge in [0.1, 0.15) is 0 Å². The Morgan fingerprint density at radius 3 is 1.38 bits per heavy atom. The lowest BCUT2D eigenvalue weighted by Gasteiger charge is -2.37. The summed E-state index contributed by atoms with van der Waals surface area (Å²) in [5.74, 6) is 0. The van der Waals surface area contributed by atoms with E-state index in [-0.39, 0.29) is 0 Å². The van der Waals surface area contributed by atoms with E-state index >= 15 is 0 Å². The van der Waals surface area contributed by atoms with Crippen LogP contribution in [0.5, 0.6) is 0 Å². The van der Waals surface area contributed by atoms with E-state index in [1.807, 2.05) is 0 Å². The predicted octanol–water partition coefficient (Wildman–Crippen LogP) is 9.24. The van der Waals surface area contributed by atoms with Crippen LogP contribution in [0.2, 0.25) is 0 Å². The van der Waals surface area contributed by atoms with Gasteiger partial charge in [0.05, 0.1) is 26.2 Å². The molecular weight excluding hydrogens is 350 g/mol. The molecule has 0 atom stereocenters. The van der Waals surface area contributed by atoms with E-state index in [9.17, 15) is 0 Å². The molecule has 0 aliphatic rings. The molecule has 1 heteroatoms. The fourth-order valence-corrected chi connectivity index (χ4v) is 4.28. The molecule has 1 nitrogen and oxygen atoms in total. The van der Waals surface area contributed by atoms with Gasteiger partial charge in [-0.25, -0.2) is 0 Å². The van der Waals surface area contributed by atoms with Crippen molar-refractivity contribution in [3.63, 3.8) is 0 Å². The number of hydrogen-bond donors (Lipinski definition) is 0. The fraction of sp³-hybridized carbons (Fsp3) is 0.857. The van der Waals surface area contributed by atoms with E-state index in [1.54, 1.807) is 0 Å². The molecule has 0 aromatic heterocycles. The van der Waals surface area contributed by atoms with Gasteiger partial charge < -0.3 is 4.48 Å². The second-order valence-corrected chi connectivity index (χ2v) is 9.07. The van der Waals surface area contributed by atoms with E-state index in [1.165, 1.54) is 127 Å². The van der Waals surface area contributed by atoms with Crippen molar-refractivity contribution in [3.05, 3.63) is 24.3 Å². The highest BCUT2D eigenvalue weighted by Gasteiger charge is 2.21. The molecule has 0 aliphatic carbocycles. The third-order valence-electron chi connectivity index (χ3n) is 6.66. The van der Waals surface area contributed by atoms with E-state index in [2.05, 4.69) is 52.0 Å². The third-order valence-corrected chi connectivity index (χ3v) is 6.66. The molecule has 0 aromatic carbocycles. The van der Waals surface area contributed by atoms with Gasteiger partial charge in [-0.05, 0) is 71.6 Å². The second kappa shape index (κ2) is 22.1. The highest BCUT2D eigenvalue weighted by molar-refractivity contribution is 4.92. The van der Waals surface area contributed by atoms with Crippen molar-refractivity contribution < 1.29 is 4.48 Å². The first-order valence-corrected chi connectivity index (χ1v) is 13.4. The van der Waals surface area contributed by atoms with Crippen LogP contribution in [0.25, 0.3) is 0 Å². The Hall–Kier alpha value is -0.560. The largest absolute Gasteiger partial charge is 0.324 e. The number of unbranched alkanes of at least 4 members (excludes halogenated alkanes) is 12. The Balaban J connectivity index is 3.59. The zero-order valence-corrected chi connectivity index (χ0v) is 20.9. The van der Waals surface area contributed by atoms with E-state index in [0.717, 1.165) is 6.42 Å². The van der Waals surface area contributed by atoms with Crippen LogP contribution in [0.3, 0.4) is 0 Å². The summed E-state index contributed by atoms with van der Waals surface area (Å²) in [6.45, 7) is 14.8. The molecule has 0 saturated heterocycles. The van der Waals surface area contributed by atoms with Crippen molar-refractivity contribution in [2.45, 2.75) is 130 Å². The molecule has 172 valence electrons. The van der Waals surface area contributed by atoms with Crippen molar-refractivity contribution in [1.29, 1.82) is 0 Å². The number of hydrogen-bond acceptors (Lipinski definition) is 0. The maximum atomic E-state index is 2.40. The SMILES string of the molecule is CCCCCC=CCC=CCCCCCCCC[N+](CC)(CC)CCCCCC. The monoisotopic (exact) mass is 406 g/mol. The highest BCUT2D eigenvalue weighted by Crippen LogP contribution is 2.15. The van der Waals surface area contributed by atoms with Gasteiger partial charge in [0.15, 0.2) is 0 Å². The fourth-order valence-electron chi connectivity index (χ4n) is 4.28. The van der Waals surface area contributed by atoms with Gasteiger partial charge in [-0.1, -0.05) is 83.1 Å². The normalized spacial score (nSPS) is 12.6. The zero-order chi connectivity index (χ0) is 21.5. The summed E-state index contributed by atoms with van der Waals surface area (Å²) in [5.41, 5.74) is 0. The molecule has 0 heterocycles.